The molecule has 0 saturated heterocycles. The number of hydrogen-bond donors (Lipinski definition) is 2. The van der Waals surface area contributed by atoms with Crippen LogP contribution in [0.3, 0.4) is 0 Å². The summed E-state index contributed by atoms with van der Waals surface area (Å²) in [6.45, 7) is 0.545. The molecular formula is C23H20FN5O2. The molecule has 5 rings (SSSR count). The van der Waals surface area contributed by atoms with Crippen molar-refractivity contribution >= 4 is 16.6 Å². The first kappa shape index (κ1) is 19.2. The molecule has 1 aliphatic rings. The molecule has 0 fully saturated rings. The SMILES string of the molecule is CN(C)C1COc2ccc(-c3nc(-c4ccc5c(=O)[nH]ccc5c4)c(N)nc3F)cc21. The van der Waals surface area contributed by atoms with Gasteiger partial charge in [0, 0.05) is 28.3 Å². The summed E-state index contributed by atoms with van der Waals surface area (Å²) >= 11 is 0. The van der Waals surface area contributed by atoms with Gasteiger partial charge >= 0.3 is 0 Å². The van der Waals surface area contributed by atoms with Crippen molar-refractivity contribution in [3.63, 3.8) is 0 Å². The number of nitrogen functional groups attached to an aromatic ring is 1. The second kappa shape index (κ2) is 7.17. The topological polar surface area (TPSA) is 97.1 Å². The van der Waals surface area contributed by atoms with Crippen LogP contribution in [0, 0.1) is 5.95 Å². The van der Waals surface area contributed by atoms with Crippen LogP contribution < -0.4 is 16.0 Å². The van der Waals surface area contributed by atoms with Crippen LogP contribution in [0.4, 0.5) is 10.2 Å². The van der Waals surface area contributed by atoms with Gasteiger partial charge in [-0.25, -0.2) is 4.98 Å². The molecule has 0 radical (unpaired) electrons. The van der Waals surface area contributed by atoms with E-state index in [2.05, 4.69) is 19.9 Å². The average molecular weight is 417 g/mol. The number of nitrogens with two attached hydrogens (primary N) is 1. The fraction of sp³-hybridized carbons (Fsp3) is 0.174. The van der Waals surface area contributed by atoms with Crippen LogP contribution in [0.25, 0.3) is 33.3 Å². The number of ether oxygens (including phenoxy) is 1. The number of likely N-dealkylation sites (N-methyl/N-ethyl adjacent to an activating group) is 1. The van der Waals surface area contributed by atoms with Crippen molar-refractivity contribution in [3.05, 3.63) is 70.5 Å². The van der Waals surface area contributed by atoms with E-state index in [0.717, 1.165) is 16.7 Å². The largest absolute Gasteiger partial charge is 0.491 e. The van der Waals surface area contributed by atoms with E-state index >= 15 is 0 Å². The number of nitrogens with one attached hydrogen (secondary N) is 1. The van der Waals surface area contributed by atoms with Gasteiger partial charge in [-0.05, 0) is 55.9 Å². The first-order valence-corrected chi connectivity index (χ1v) is 9.81. The Hall–Kier alpha value is -3.78. The molecule has 4 aromatic rings. The van der Waals surface area contributed by atoms with E-state index in [0.29, 0.717) is 28.8 Å². The van der Waals surface area contributed by atoms with Crippen molar-refractivity contribution < 1.29 is 9.13 Å². The second-order valence-electron chi connectivity index (χ2n) is 7.75. The second-order valence-corrected chi connectivity index (χ2v) is 7.75. The van der Waals surface area contributed by atoms with Gasteiger partial charge in [-0.15, -0.1) is 0 Å². The lowest BCUT2D eigenvalue weighted by molar-refractivity contribution is 0.227. The fourth-order valence-electron chi connectivity index (χ4n) is 3.94. The van der Waals surface area contributed by atoms with Crippen molar-refractivity contribution in [3.8, 4) is 28.3 Å². The zero-order chi connectivity index (χ0) is 21.7. The third kappa shape index (κ3) is 3.21. The number of benzene rings is 2. The summed E-state index contributed by atoms with van der Waals surface area (Å²) < 4.78 is 20.5. The Balaban J connectivity index is 1.64. The van der Waals surface area contributed by atoms with E-state index in [4.69, 9.17) is 10.5 Å². The van der Waals surface area contributed by atoms with E-state index in [9.17, 15) is 9.18 Å². The number of halogens is 1. The third-order valence-electron chi connectivity index (χ3n) is 5.59. The number of fused-ring (bicyclic) bond motifs is 2. The van der Waals surface area contributed by atoms with E-state index in [1.165, 1.54) is 0 Å². The van der Waals surface area contributed by atoms with Gasteiger partial charge in [0.25, 0.3) is 5.56 Å². The molecule has 2 aromatic heterocycles. The minimum absolute atomic E-state index is 0.0129. The fourth-order valence-corrected chi connectivity index (χ4v) is 3.94. The van der Waals surface area contributed by atoms with Gasteiger partial charge in [-0.1, -0.05) is 6.07 Å². The Morgan fingerprint density at radius 3 is 2.68 bits per heavy atom. The Kier molecular flexibility index (Phi) is 4.44. The summed E-state index contributed by atoms with van der Waals surface area (Å²) in [5.41, 5.74) is 8.54. The molecule has 3 heterocycles. The Morgan fingerprint density at radius 2 is 1.87 bits per heavy atom. The van der Waals surface area contributed by atoms with E-state index in [1.54, 1.807) is 36.5 Å². The molecule has 0 amide bonds. The van der Waals surface area contributed by atoms with Gasteiger partial charge in [0.1, 0.15) is 23.7 Å². The van der Waals surface area contributed by atoms with E-state index < -0.39 is 5.95 Å². The minimum Gasteiger partial charge on any atom is -0.491 e. The number of H-pyrrole nitrogens is 1. The van der Waals surface area contributed by atoms with Crippen LogP contribution in [0.2, 0.25) is 0 Å². The van der Waals surface area contributed by atoms with Gasteiger partial charge in [0.15, 0.2) is 5.82 Å². The molecule has 0 bridgehead atoms. The summed E-state index contributed by atoms with van der Waals surface area (Å²) in [5.74, 6) is 0.0334. The highest BCUT2D eigenvalue weighted by Crippen LogP contribution is 2.38. The molecule has 0 aliphatic carbocycles. The summed E-state index contributed by atoms with van der Waals surface area (Å²) in [6, 6.07) is 12.6. The predicted molar refractivity (Wildman–Crippen MR) is 117 cm³/mol. The molecule has 1 unspecified atom stereocenters. The predicted octanol–water partition coefficient (Wildman–Crippen LogP) is 3.37. The molecule has 8 heteroatoms. The maximum atomic E-state index is 14.8. The van der Waals surface area contributed by atoms with Crippen LogP contribution in [0.1, 0.15) is 11.6 Å². The number of aromatic nitrogens is 3. The molecule has 31 heavy (non-hydrogen) atoms. The van der Waals surface area contributed by atoms with Gasteiger partial charge in [-0.2, -0.15) is 9.37 Å². The van der Waals surface area contributed by atoms with Crippen LogP contribution in [-0.2, 0) is 0 Å². The molecule has 1 atom stereocenters. The average Bonchev–Trinajstić information content (AvgIpc) is 3.17. The zero-order valence-electron chi connectivity index (χ0n) is 17.0. The van der Waals surface area contributed by atoms with E-state index in [-0.39, 0.29) is 23.1 Å². The molecule has 156 valence electrons. The highest BCUT2D eigenvalue weighted by atomic mass is 19.1. The summed E-state index contributed by atoms with van der Waals surface area (Å²) in [4.78, 5) is 25.1. The van der Waals surface area contributed by atoms with Crippen LogP contribution in [0.15, 0.2) is 53.5 Å². The lowest BCUT2D eigenvalue weighted by atomic mass is 10.0. The summed E-state index contributed by atoms with van der Waals surface area (Å²) in [5, 5.41) is 1.28. The Labute approximate surface area is 177 Å². The number of aromatic amines is 1. The summed E-state index contributed by atoms with van der Waals surface area (Å²) in [6.07, 6.45) is 1.58. The highest BCUT2D eigenvalue weighted by Gasteiger charge is 2.27. The van der Waals surface area contributed by atoms with Crippen LogP contribution >= 0.6 is 0 Å². The number of nitrogens with zero attached hydrogens (tertiary/aromatic N) is 3. The quantitative estimate of drug-likeness (QED) is 0.531. The highest BCUT2D eigenvalue weighted by molar-refractivity contribution is 5.87. The Bertz CT molecular complexity index is 1380. The van der Waals surface area contributed by atoms with Crippen molar-refractivity contribution in [1.29, 1.82) is 0 Å². The minimum atomic E-state index is -0.737. The maximum Gasteiger partial charge on any atom is 0.255 e. The molecule has 3 N–H and O–H groups in total. The zero-order valence-corrected chi connectivity index (χ0v) is 17.0. The van der Waals surface area contributed by atoms with Gasteiger partial charge < -0.3 is 15.5 Å². The van der Waals surface area contributed by atoms with Crippen molar-refractivity contribution in [2.45, 2.75) is 6.04 Å². The Morgan fingerprint density at radius 1 is 1.10 bits per heavy atom. The number of pyridine rings is 1. The smallest absolute Gasteiger partial charge is 0.255 e. The molecule has 1 aliphatic heterocycles. The molecular weight excluding hydrogens is 397 g/mol. The van der Waals surface area contributed by atoms with Crippen LogP contribution in [-0.4, -0.2) is 40.6 Å². The standard InChI is InChI=1S/C23H20FN5O2/c1-29(2)17-11-31-18-6-4-14(10-16(17)18)19-21(24)28-22(25)20(27-19)13-3-5-15-12(9-13)7-8-26-23(15)30/h3-10,17H,11H2,1-2H3,(H2,25,28)(H,26,30). The van der Waals surface area contributed by atoms with Crippen molar-refractivity contribution in [2.24, 2.45) is 0 Å². The number of hydrogen-bond acceptors (Lipinski definition) is 6. The van der Waals surface area contributed by atoms with Gasteiger partial charge in [-0.3, -0.25) is 9.69 Å². The lowest BCUT2D eigenvalue weighted by Gasteiger charge is -2.18. The molecule has 2 aromatic carbocycles. The van der Waals surface area contributed by atoms with Gasteiger partial charge in [0.05, 0.1) is 6.04 Å². The molecule has 7 nitrogen and oxygen atoms in total. The van der Waals surface area contributed by atoms with Gasteiger partial charge in [0.2, 0.25) is 5.95 Å². The van der Waals surface area contributed by atoms with Crippen molar-refractivity contribution in [1.82, 2.24) is 19.9 Å². The first-order valence-electron chi connectivity index (χ1n) is 9.81. The number of anilines is 1. The van der Waals surface area contributed by atoms with E-state index in [1.807, 2.05) is 26.2 Å². The van der Waals surface area contributed by atoms with Crippen molar-refractivity contribution in [2.75, 3.05) is 26.4 Å². The summed E-state index contributed by atoms with van der Waals surface area (Å²) in [7, 11) is 3.95. The molecule has 0 spiro atoms. The maximum absolute atomic E-state index is 14.8. The number of rotatable bonds is 3. The third-order valence-corrected chi connectivity index (χ3v) is 5.59. The monoisotopic (exact) mass is 417 g/mol. The first-order chi connectivity index (χ1) is 14.9. The normalized spacial score (nSPS) is 15.3. The lowest BCUT2D eigenvalue weighted by Crippen LogP contribution is -2.20. The van der Waals surface area contributed by atoms with Crippen LogP contribution in [0.5, 0.6) is 5.75 Å². The molecule has 0 saturated carbocycles.